The molecular formula is C22H28N2O2. The lowest BCUT2D eigenvalue weighted by Crippen LogP contribution is -2.41. The molecule has 1 heterocycles. The van der Waals surface area contributed by atoms with Gasteiger partial charge in [-0.15, -0.1) is 0 Å². The number of hydrogen-bond donors (Lipinski definition) is 1. The van der Waals surface area contributed by atoms with Crippen molar-refractivity contribution in [3.8, 4) is 5.75 Å². The third-order valence-corrected chi connectivity index (χ3v) is 4.90. The summed E-state index contributed by atoms with van der Waals surface area (Å²) in [6.07, 6.45) is 3.76. The van der Waals surface area contributed by atoms with Gasteiger partial charge in [0.1, 0.15) is 5.75 Å². The average molecular weight is 352 g/mol. The van der Waals surface area contributed by atoms with E-state index in [1.54, 1.807) is 0 Å². The molecule has 1 N–H and O–H groups in total. The number of nitrogens with one attached hydrogen (secondary N) is 1. The standard InChI is InChI=1S/C22H28N2O2/c1-18-10-12-19(13-11-18)21(24-14-6-3-7-15-24)16-23-22(25)17-26-20-8-4-2-5-9-20/h2,4-5,8-13,21H,3,6-7,14-17H2,1H3,(H,23,25). The van der Waals surface area contributed by atoms with E-state index in [9.17, 15) is 4.79 Å². The van der Waals surface area contributed by atoms with Crippen LogP contribution in [0, 0.1) is 6.92 Å². The van der Waals surface area contributed by atoms with Crippen LogP contribution in [0.25, 0.3) is 0 Å². The van der Waals surface area contributed by atoms with Gasteiger partial charge in [0.2, 0.25) is 0 Å². The van der Waals surface area contributed by atoms with Gasteiger partial charge >= 0.3 is 0 Å². The monoisotopic (exact) mass is 352 g/mol. The summed E-state index contributed by atoms with van der Waals surface area (Å²) in [4.78, 5) is 14.7. The molecule has 4 heteroatoms. The summed E-state index contributed by atoms with van der Waals surface area (Å²) in [5.74, 6) is 0.636. The molecule has 1 aliphatic heterocycles. The molecule has 26 heavy (non-hydrogen) atoms. The minimum absolute atomic E-state index is 0.0463. The number of nitrogens with zero attached hydrogens (tertiary/aromatic N) is 1. The zero-order valence-corrected chi connectivity index (χ0v) is 15.5. The van der Waals surface area contributed by atoms with Gasteiger partial charge in [-0.3, -0.25) is 9.69 Å². The lowest BCUT2D eigenvalue weighted by Gasteiger charge is -2.35. The number of likely N-dealkylation sites (tertiary alicyclic amines) is 1. The van der Waals surface area contributed by atoms with Gasteiger partial charge in [0.15, 0.2) is 6.61 Å². The maximum absolute atomic E-state index is 12.2. The zero-order chi connectivity index (χ0) is 18.2. The van der Waals surface area contributed by atoms with Gasteiger partial charge in [0.25, 0.3) is 5.91 Å². The van der Waals surface area contributed by atoms with Crippen molar-refractivity contribution in [2.45, 2.75) is 32.2 Å². The predicted octanol–water partition coefficient (Wildman–Crippen LogP) is 3.72. The number of amides is 1. The average Bonchev–Trinajstić information content (AvgIpc) is 2.69. The Morgan fingerprint density at radius 1 is 1.04 bits per heavy atom. The predicted molar refractivity (Wildman–Crippen MR) is 104 cm³/mol. The van der Waals surface area contributed by atoms with Gasteiger partial charge in [-0.05, 0) is 50.6 Å². The maximum atomic E-state index is 12.2. The first-order chi connectivity index (χ1) is 12.7. The van der Waals surface area contributed by atoms with Crippen molar-refractivity contribution in [1.29, 1.82) is 0 Å². The summed E-state index contributed by atoms with van der Waals surface area (Å²) in [6, 6.07) is 18.3. The van der Waals surface area contributed by atoms with E-state index in [2.05, 4.69) is 41.4 Å². The number of benzene rings is 2. The molecule has 0 aliphatic carbocycles. The Hall–Kier alpha value is -2.33. The number of rotatable bonds is 7. The topological polar surface area (TPSA) is 41.6 Å². The van der Waals surface area contributed by atoms with Crippen LogP contribution < -0.4 is 10.1 Å². The molecule has 1 aliphatic rings. The Morgan fingerprint density at radius 3 is 2.42 bits per heavy atom. The van der Waals surface area contributed by atoms with Crippen molar-refractivity contribution in [2.75, 3.05) is 26.2 Å². The highest BCUT2D eigenvalue weighted by Gasteiger charge is 2.22. The van der Waals surface area contributed by atoms with Gasteiger partial charge in [0, 0.05) is 6.54 Å². The van der Waals surface area contributed by atoms with Gasteiger partial charge < -0.3 is 10.1 Å². The van der Waals surface area contributed by atoms with E-state index < -0.39 is 0 Å². The highest BCUT2D eigenvalue weighted by molar-refractivity contribution is 5.77. The molecule has 1 fully saturated rings. The zero-order valence-electron chi connectivity index (χ0n) is 15.5. The van der Waals surface area contributed by atoms with Gasteiger partial charge in [0.05, 0.1) is 6.04 Å². The third kappa shape index (κ3) is 5.33. The fourth-order valence-electron chi connectivity index (χ4n) is 3.40. The number of carbonyl (C=O) groups is 1. The number of aryl methyl sites for hydroxylation is 1. The second-order valence-corrected chi connectivity index (χ2v) is 6.93. The molecule has 138 valence electrons. The van der Waals surface area contributed by atoms with Crippen molar-refractivity contribution < 1.29 is 9.53 Å². The summed E-state index contributed by atoms with van der Waals surface area (Å²) < 4.78 is 5.54. The third-order valence-electron chi connectivity index (χ3n) is 4.90. The van der Waals surface area contributed by atoms with Crippen molar-refractivity contribution >= 4 is 5.91 Å². The van der Waals surface area contributed by atoms with Crippen LogP contribution in [0.15, 0.2) is 54.6 Å². The summed E-state index contributed by atoms with van der Waals surface area (Å²) in [7, 11) is 0. The van der Waals surface area contributed by atoms with E-state index in [1.807, 2.05) is 30.3 Å². The molecule has 0 spiro atoms. The minimum Gasteiger partial charge on any atom is -0.484 e. The molecular weight excluding hydrogens is 324 g/mol. The van der Waals surface area contributed by atoms with Crippen molar-refractivity contribution in [3.63, 3.8) is 0 Å². The van der Waals surface area contributed by atoms with Crippen molar-refractivity contribution in [1.82, 2.24) is 10.2 Å². The van der Waals surface area contributed by atoms with Crippen LogP contribution in [0.4, 0.5) is 0 Å². The Bertz CT molecular complexity index is 679. The Balaban J connectivity index is 1.58. The molecule has 0 radical (unpaired) electrons. The molecule has 1 unspecified atom stereocenters. The second-order valence-electron chi connectivity index (χ2n) is 6.93. The van der Waals surface area contributed by atoms with Crippen LogP contribution in [-0.4, -0.2) is 37.0 Å². The van der Waals surface area contributed by atoms with Crippen molar-refractivity contribution in [2.24, 2.45) is 0 Å². The van der Waals surface area contributed by atoms with E-state index in [-0.39, 0.29) is 18.6 Å². The molecule has 2 aromatic rings. The Kier molecular flexibility index (Phi) is 6.67. The van der Waals surface area contributed by atoms with Crippen LogP contribution in [0.2, 0.25) is 0 Å². The lowest BCUT2D eigenvalue weighted by atomic mass is 10.0. The van der Waals surface area contributed by atoms with Crippen LogP contribution in [0.1, 0.15) is 36.4 Å². The number of piperidine rings is 1. The molecule has 1 atom stereocenters. The van der Waals surface area contributed by atoms with Gasteiger partial charge in [-0.2, -0.15) is 0 Å². The van der Waals surface area contributed by atoms with E-state index in [0.717, 1.165) is 13.1 Å². The SMILES string of the molecule is Cc1ccc(C(CNC(=O)COc2ccccc2)N2CCCCC2)cc1. The Morgan fingerprint density at radius 2 is 1.73 bits per heavy atom. The fourth-order valence-corrected chi connectivity index (χ4v) is 3.40. The molecule has 3 rings (SSSR count). The van der Waals surface area contributed by atoms with Gasteiger partial charge in [-0.1, -0.05) is 54.4 Å². The molecule has 0 aromatic heterocycles. The molecule has 4 nitrogen and oxygen atoms in total. The fraction of sp³-hybridized carbons (Fsp3) is 0.409. The minimum atomic E-state index is -0.0806. The highest BCUT2D eigenvalue weighted by Crippen LogP contribution is 2.24. The Labute approximate surface area is 156 Å². The smallest absolute Gasteiger partial charge is 0.258 e. The summed E-state index contributed by atoms with van der Waals surface area (Å²) in [6.45, 7) is 4.94. The molecule has 0 saturated carbocycles. The normalized spacial score (nSPS) is 16.0. The van der Waals surface area contributed by atoms with E-state index in [0.29, 0.717) is 12.3 Å². The highest BCUT2D eigenvalue weighted by atomic mass is 16.5. The summed E-state index contributed by atoms with van der Waals surface area (Å²) in [5.41, 5.74) is 2.52. The van der Waals surface area contributed by atoms with Crippen LogP contribution in [0.3, 0.4) is 0 Å². The number of carbonyl (C=O) groups excluding carboxylic acids is 1. The first-order valence-electron chi connectivity index (χ1n) is 9.47. The van der Waals surface area contributed by atoms with E-state index in [4.69, 9.17) is 4.74 Å². The first kappa shape index (κ1) is 18.5. The number of para-hydroxylation sites is 1. The largest absolute Gasteiger partial charge is 0.484 e. The molecule has 2 aromatic carbocycles. The molecule has 1 saturated heterocycles. The van der Waals surface area contributed by atoms with Crippen molar-refractivity contribution in [3.05, 3.63) is 65.7 Å². The summed E-state index contributed by atoms with van der Waals surface area (Å²) in [5, 5.41) is 3.06. The molecule has 1 amide bonds. The quantitative estimate of drug-likeness (QED) is 0.826. The molecule has 0 bridgehead atoms. The second kappa shape index (κ2) is 9.39. The van der Waals surface area contributed by atoms with Crippen LogP contribution in [-0.2, 0) is 4.79 Å². The first-order valence-corrected chi connectivity index (χ1v) is 9.47. The summed E-state index contributed by atoms with van der Waals surface area (Å²) >= 11 is 0. The maximum Gasteiger partial charge on any atom is 0.258 e. The van der Waals surface area contributed by atoms with Gasteiger partial charge in [-0.25, -0.2) is 0 Å². The van der Waals surface area contributed by atoms with Crippen LogP contribution in [0.5, 0.6) is 5.75 Å². The lowest BCUT2D eigenvalue weighted by molar-refractivity contribution is -0.123. The van der Waals surface area contributed by atoms with Crippen LogP contribution >= 0.6 is 0 Å². The number of ether oxygens (including phenoxy) is 1. The number of hydrogen-bond acceptors (Lipinski definition) is 3. The van der Waals surface area contributed by atoms with E-state index in [1.165, 1.54) is 30.4 Å². The van der Waals surface area contributed by atoms with E-state index >= 15 is 0 Å².